The lowest BCUT2D eigenvalue weighted by atomic mass is 9.96. The minimum absolute atomic E-state index is 0.0444. The molecule has 0 radical (unpaired) electrons. The number of hydrogen-bond acceptors (Lipinski definition) is 2. The fourth-order valence-electron chi connectivity index (χ4n) is 2.37. The molecule has 1 saturated heterocycles. The van der Waals surface area contributed by atoms with Crippen LogP contribution in [0.4, 0.5) is 10.1 Å². The fraction of sp³-hybridized carbons (Fsp3) is 0.429. The maximum atomic E-state index is 14.2. The summed E-state index contributed by atoms with van der Waals surface area (Å²) in [5, 5.41) is 2.54. The Morgan fingerprint density at radius 1 is 1.35 bits per heavy atom. The Hall–Kier alpha value is -1.62. The summed E-state index contributed by atoms with van der Waals surface area (Å²) in [6, 6.07) is 2.99. The van der Waals surface area contributed by atoms with Crippen LogP contribution in [0.3, 0.4) is 0 Å². The predicted octanol–water partition coefficient (Wildman–Crippen LogP) is 2.36. The number of carbonyl (C=O) groups is 2. The number of benzene rings is 1. The van der Waals surface area contributed by atoms with Crippen LogP contribution < -0.4 is 10.2 Å². The normalized spacial score (nSPS) is 23.2. The van der Waals surface area contributed by atoms with Crippen molar-refractivity contribution in [3.8, 4) is 0 Å². The van der Waals surface area contributed by atoms with Crippen LogP contribution in [0.5, 0.6) is 0 Å². The van der Waals surface area contributed by atoms with E-state index < -0.39 is 17.9 Å². The molecule has 4 nitrogen and oxygen atoms in total. The summed E-state index contributed by atoms with van der Waals surface area (Å²) in [7, 11) is 0. The molecular weight excluding hydrogens is 283 g/mol. The van der Waals surface area contributed by atoms with Gasteiger partial charge in [-0.25, -0.2) is 4.39 Å². The molecule has 20 heavy (non-hydrogen) atoms. The number of amides is 2. The molecule has 0 aromatic heterocycles. The molecule has 1 aliphatic heterocycles. The van der Waals surface area contributed by atoms with Crippen LogP contribution >= 0.6 is 11.6 Å². The van der Waals surface area contributed by atoms with Gasteiger partial charge in [-0.05, 0) is 25.0 Å². The molecule has 2 amide bonds. The van der Waals surface area contributed by atoms with Gasteiger partial charge in [-0.3, -0.25) is 14.5 Å². The molecule has 2 atom stereocenters. The first kappa shape index (κ1) is 14.8. The molecule has 1 N–H and O–H groups in total. The van der Waals surface area contributed by atoms with Gasteiger partial charge < -0.3 is 5.32 Å². The van der Waals surface area contributed by atoms with E-state index in [1.54, 1.807) is 13.0 Å². The van der Waals surface area contributed by atoms with Crippen molar-refractivity contribution in [2.45, 2.75) is 32.9 Å². The maximum Gasteiger partial charge on any atom is 0.250 e. The highest BCUT2D eigenvalue weighted by atomic mass is 35.5. The molecule has 1 aliphatic rings. The van der Waals surface area contributed by atoms with E-state index in [0.29, 0.717) is 0 Å². The summed E-state index contributed by atoms with van der Waals surface area (Å²) in [5.74, 6) is -1.46. The van der Waals surface area contributed by atoms with Crippen molar-refractivity contribution in [3.63, 3.8) is 0 Å². The number of rotatable bonds is 2. The van der Waals surface area contributed by atoms with E-state index >= 15 is 0 Å². The van der Waals surface area contributed by atoms with E-state index in [4.69, 9.17) is 11.6 Å². The molecule has 1 aromatic rings. The Labute approximate surface area is 121 Å². The fourth-order valence-corrected chi connectivity index (χ4v) is 2.54. The Bertz CT molecular complexity index is 562. The number of carbonyl (C=O) groups excluding carboxylic acids is 2. The summed E-state index contributed by atoms with van der Waals surface area (Å²) < 4.78 is 14.2. The third-order valence-corrected chi connectivity index (χ3v) is 3.63. The lowest BCUT2D eigenvalue weighted by Gasteiger charge is -2.39. The first-order valence-corrected chi connectivity index (χ1v) is 6.80. The van der Waals surface area contributed by atoms with E-state index in [-0.39, 0.29) is 28.4 Å². The first-order valence-electron chi connectivity index (χ1n) is 6.42. The second kappa shape index (κ2) is 5.40. The van der Waals surface area contributed by atoms with Crippen LogP contribution in [0.2, 0.25) is 5.02 Å². The topological polar surface area (TPSA) is 49.4 Å². The molecule has 1 fully saturated rings. The quantitative estimate of drug-likeness (QED) is 0.911. The van der Waals surface area contributed by atoms with Crippen molar-refractivity contribution in [2.75, 3.05) is 4.90 Å². The zero-order valence-electron chi connectivity index (χ0n) is 11.5. The molecule has 1 heterocycles. The van der Waals surface area contributed by atoms with Crippen LogP contribution in [0, 0.1) is 11.7 Å². The summed E-state index contributed by atoms with van der Waals surface area (Å²) in [6.07, 6.45) is 0. The molecule has 108 valence electrons. The van der Waals surface area contributed by atoms with Crippen molar-refractivity contribution < 1.29 is 14.0 Å². The van der Waals surface area contributed by atoms with Crippen LogP contribution in [-0.4, -0.2) is 23.9 Å². The van der Waals surface area contributed by atoms with Crippen LogP contribution in [-0.2, 0) is 9.59 Å². The first-order chi connectivity index (χ1) is 9.34. The molecule has 0 aliphatic carbocycles. The van der Waals surface area contributed by atoms with E-state index in [0.717, 1.165) is 0 Å². The minimum atomic E-state index is -0.744. The smallest absolute Gasteiger partial charge is 0.250 e. The molecule has 0 bridgehead atoms. The largest absolute Gasteiger partial charge is 0.343 e. The predicted molar refractivity (Wildman–Crippen MR) is 75.1 cm³/mol. The number of nitrogens with one attached hydrogen (secondary N) is 1. The van der Waals surface area contributed by atoms with Gasteiger partial charge in [0.2, 0.25) is 11.8 Å². The van der Waals surface area contributed by atoms with Crippen molar-refractivity contribution in [2.24, 2.45) is 5.92 Å². The molecule has 0 saturated carbocycles. The summed E-state index contributed by atoms with van der Waals surface area (Å²) in [4.78, 5) is 25.7. The van der Waals surface area contributed by atoms with Gasteiger partial charge in [-0.1, -0.05) is 31.5 Å². The molecule has 2 unspecified atom stereocenters. The molecule has 0 spiro atoms. The molecular formula is C14H16ClFN2O2. The highest BCUT2D eigenvalue weighted by Gasteiger charge is 2.42. The van der Waals surface area contributed by atoms with Crippen molar-refractivity contribution >= 4 is 29.1 Å². The summed E-state index contributed by atoms with van der Waals surface area (Å²) >= 11 is 5.77. The van der Waals surface area contributed by atoms with Crippen molar-refractivity contribution in [1.29, 1.82) is 0 Å². The van der Waals surface area contributed by atoms with Crippen molar-refractivity contribution in [3.05, 3.63) is 29.0 Å². The highest BCUT2D eigenvalue weighted by molar-refractivity contribution is 6.31. The third kappa shape index (κ3) is 2.38. The highest BCUT2D eigenvalue weighted by Crippen LogP contribution is 2.31. The van der Waals surface area contributed by atoms with Gasteiger partial charge in [0.15, 0.2) is 5.82 Å². The standard InChI is InChI=1S/C14H16ClFN2O2/c1-7(2)12-13(19)17-8(3)14(20)18(12)10-6-4-5-9(15)11(10)16/h4-8,12H,1-3H3,(H,17,19). The Kier molecular flexibility index (Phi) is 3.99. The number of nitrogens with zero attached hydrogens (tertiary/aromatic N) is 1. The van der Waals surface area contributed by atoms with Crippen LogP contribution in [0.15, 0.2) is 18.2 Å². The van der Waals surface area contributed by atoms with Gasteiger partial charge in [0.1, 0.15) is 12.1 Å². The molecule has 6 heteroatoms. The number of halogens is 2. The van der Waals surface area contributed by atoms with Crippen LogP contribution in [0.1, 0.15) is 20.8 Å². The van der Waals surface area contributed by atoms with Gasteiger partial charge in [0.25, 0.3) is 0 Å². The van der Waals surface area contributed by atoms with Gasteiger partial charge in [0.05, 0.1) is 10.7 Å². The van der Waals surface area contributed by atoms with Gasteiger partial charge >= 0.3 is 0 Å². The average molecular weight is 299 g/mol. The lowest BCUT2D eigenvalue weighted by molar-refractivity contribution is -0.134. The zero-order chi connectivity index (χ0) is 15.0. The minimum Gasteiger partial charge on any atom is -0.343 e. The third-order valence-electron chi connectivity index (χ3n) is 3.34. The monoisotopic (exact) mass is 298 g/mol. The summed E-state index contributed by atoms with van der Waals surface area (Å²) in [6.45, 7) is 5.19. The van der Waals surface area contributed by atoms with Gasteiger partial charge in [0, 0.05) is 0 Å². The number of piperazine rings is 1. The lowest BCUT2D eigenvalue weighted by Crippen LogP contribution is -2.64. The van der Waals surface area contributed by atoms with E-state index in [1.165, 1.54) is 17.0 Å². The second-order valence-corrected chi connectivity index (χ2v) is 5.61. The van der Waals surface area contributed by atoms with E-state index in [2.05, 4.69) is 5.32 Å². The van der Waals surface area contributed by atoms with E-state index in [1.807, 2.05) is 13.8 Å². The Balaban J connectivity index is 2.55. The summed E-state index contributed by atoms with van der Waals surface area (Å²) in [5.41, 5.74) is 0.0444. The maximum absolute atomic E-state index is 14.2. The second-order valence-electron chi connectivity index (χ2n) is 5.20. The Morgan fingerprint density at radius 2 is 2.00 bits per heavy atom. The van der Waals surface area contributed by atoms with E-state index in [9.17, 15) is 14.0 Å². The number of hydrogen-bond donors (Lipinski definition) is 1. The zero-order valence-corrected chi connectivity index (χ0v) is 12.2. The Morgan fingerprint density at radius 3 is 2.60 bits per heavy atom. The SMILES string of the molecule is CC1NC(=O)C(C(C)C)N(c2cccc(Cl)c2F)C1=O. The molecule has 1 aromatic carbocycles. The number of anilines is 1. The van der Waals surface area contributed by atoms with Gasteiger partial charge in [-0.2, -0.15) is 0 Å². The average Bonchev–Trinajstić information content (AvgIpc) is 2.36. The van der Waals surface area contributed by atoms with Gasteiger partial charge in [-0.15, -0.1) is 0 Å². The van der Waals surface area contributed by atoms with Crippen molar-refractivity contribution in [1.82, 2.24) is 5.32 Å². The molecule has 2 rings (SSSR count). The van der Waals surface area contributed by atoms with Crippen LogP contribution in [0.25, 0.3) is 0 Å².